The minimum atomic E-state index is 0. The average molecular weight is 268 g/mol. The van der Waals surface area contributed by atoms with Crippen LogP contribution in [0.2, 0.25) is 0 Å². The van der Waals surface area contributed by atoms with Crippen molar-refractivity contribution >= 4 is 0 Å². The molecular formula is Cl6Mn-6. The monoisotopic (exact) mass is 265 g/mol. The molecule has 0 aromatic heterocycles. The van der Waals surface area contributed by atoms with E-state index in [0.29, 0.717) is 0 Å². The molecule has 0 amide bonds. The molecule has 0 N–H and O–H groups in total. The molecule has 0 aromatic rings. The number of hydrogen-bond donors (Lipinski definition) is 0. The fourth-order valence-electron chi connectivity index (χ4n) is 0. The third-order valence-electron chi connectivity index (χ3n) is 0. The molecule has 55 valence electrons. The van der Waals surface area contributed by atoms with Crippen molar-refractivity contribution in [3.05, 3.63) is 0 Å². The molecule has 1 radical (unpaired) electrons. The van der Waals surface area contributed by atoms with Gasteiger partial charge in [-0.25, -0.2) is 0 Å². The maximum Gasteiger partial charge on any atom is 0 e. The second kappa shape index (κ2) is 85.3. The van der Waals surface area contributed by atoms with Crippen molar-refractivity contribution in [2.45, 2.75) is 0 Å². The van der Waals surface area contributed by atoms with E-state index in [4.69, 9.17) is 0 Å². The van der Waals surface area contributed by atoms with E-state index >= 15 is 0 Å². The third-order valence-corrected chi connectivity index (χ3v) is 0. The van der Waals surface area contributed by atoms with Gasteiger partial charge in [-0.2, -0.15) is 0 Å². The average Bonchev–Trinajstić information content (AvgIpc) is 0. The van der Waals surface area contributed by atoms with Crippen LogP contribution in [0, 0.1) is 0 Å². The van der Waals surface area contributed by atoms with Gasteiger partial charge >= 0.3 is 0 Å². The standard InChI is InChI=1S/6ClH.Mn/h6*1H;/p-6. The molecule has 0 saturated carbocycles. The van der Waals surface area contributed by atoms with Gasteiger partial charge in [-0.1, -0.05) is 0 Å². The molecule has 0 heterocycles. The Kier molecular flexibility index (Phi) is 1510. The van der Waals surface area contributed by atoms with Crippen LogP contribution in [0.4, 0.5) is 0 Å². The van der Waals surface area contributed by atoms with Crippen molar-refractivity contribution in [2.75, 3.05) is 0 Å². The van der Waals surface area contributed by atoms with Crippen molar-refractivity contribution in [1.29, 1.82) is 0 Å². The topological polar surface area (TPSA) is 0 Å². The Labute approximate surface area is 90.9 Å². The van der Waals surface area contributed by atoms with Gasteiger partial charge in [0.1, 0.15) is 0 Å². The van der Waals surface area contributed by atoms with Gasteiger partial charge in [0.15, 0.2) is 0 Å². The van der Waals surface area contributed by atoms with E-state index < -0.39 is 0 Å². The minimum absolute atomic E-state index is 0. The van der Waals surface area contributed by atoms with Crippen molar-refractivity contribution in [3.63, 3.8) is 0 Å². The Balaban J connectivity index is 0. The smallest absolute Gasteiger partial charge is 0 e. The number of hydrogen-bond acceptors (Lipinski definition) is 0. The molecular weight excluding hydrogens is 268 g/mol. The van der Waals surface area contributed by atoms with Crippen LogP contribution in [0.3, 0.4) is 0 Å². The summed E-state index contributed by atoms with van der Waals surface area (Å²) in [7, 11) is 0. The fraction of sp³-hybridized carbons (Fsp3) is 0. The first kappa shape index (κ1) is 124. The molecule has 0 aromatic carbocycles. The number of rotatable bonds is 0. The summed E-state index contributed by atoms with van der Waals surface area (Å²) in [5.41, 5.74) is 0. The van der Waals surface area contributed by atoms with Gasteiger partial charge in [0, 0.05) is 17.1 Å². The van der Waals surface area contributed by atoms with Crippen LogP contribution in [0.1, 0.15) is 0 Å². The molecule has 0 atom stereocenters. The third kappa shape index (κ3) is 63.4. The van der Waals surface area contributed by atoms with Crippen LogP contribution in [0.15, 0.2) is 0 Å². The van der Waals surface area contributed by atoms with Gasteiger partial charge in [-0.05, 0) is 0 Å². The predicted octanol–water partition coefficient (Wildman–Crippen LogP) is -18.0. The Hall–Kier alpha value is 2.26. The molecule has 0 fully saturated rings. The molecule has 0 nitrogen and oxygen atoms in total. The quantitative estimate of drug-likeness (QED) is 0.383. The van der Waals surface area contributed by atoms with Crippen LogP contribution in [-0.4, -0.2) is 0 Å². The molecule has 0 spiro atoms. The molecule has 0 bridgehead atoms. The van der Waals surface area contributed by atoms with E-state index in [1.807, 2.05) is 0 Å². The second-order valence-electron chi connectivity index (χ2n) is 0. The van der Waals surface area contributed by atoms with Crippen LogP contribution >= 0.6 is 0 Å². The summed E-state index contributed by atoms with van der Waals surface area (Å²) < 4.78 is 0. The van der Waals surface area contributed by atoms with Crippen molar-refractivity contribution in [1.82, 2.24) is 0 Å². The minimum Gasteiger partial charge on any atom is -1.00 e. The van der Waals surface area contributed by atoms with E-state index in [9.17, 15) is 0 Å². The SMILES string of the molecule is [Cl-].[Cl-].[Cl-].[Cl-].[Cl-].[Cl-].[Mn]. The molecule has 0 rings (SSSR count). The predicted molar refractivity (Wildman–Crippen MR) is 0 cm³/mol. The Morgan fingerprint density at radius 3 is 0.286 bits per heavy atom. The van der Waals surface area contributed by atoms with Gasteiger partial charge in [0.05, 0.1) is 0 Å². The normalized spacial score (nSPS) is 0. The summed E-state index contributed by atoms with van der Waals surface area (Å²) >= 11 is 0. The van der Waals surface area contributed by atoms with Crippen molar-refractivity contribution in [2.24, 2.45) is 0 Å². The molecule has 7 heavy (non-hydrogen) atoms. The van der Waals surface area contributed by atoms with Crippen LogP contribution in [0.5, 0.6) is 0 Å². The van der Waals surface area contributed by atoms with Crippen LogP contribution in [-0.2, 0) is 17.1 Å². The summed E-state index contributed by atoms with van der Waals surface area (Å²) in [5, 5.41) is 0. The molecule has 0 aliphatic rings. The van der Waals surface area contributed by atoms with E-state index in [1.165, 1.54) is 0 Å². The summed E-state index contributed by atoms with van der Waals surface area (Å²) in [6.07, 6.45) is 0. The zero-order valence-electron chi connectivity index (χ0n) is 2.65. The zero-order valence-corrected chi connectivity index (χ0v) is 8.36. The van der Waals surface area contributed by atoms with E-state index in [1.54, 1.807) is 0 Å². The Bertz CT molecular complexity index is 4.14. The van der Waals surface area contributed by atoms with E-state index in [2.05, 4.69) is 0 Å². The van der Waals surface area contributed by atoms with Crippen molar-refractivity contribution in [3.8, 4) is 0 Å². The van der Waals surface area contributed by atoms with E-state index in [-0.39, 0.29) is 91.5 Å². The van der Waals surface area contributed by atoms with Gasteiger partial charge in [-0.3, -0.25) is 0 Å². The van der Waals surface area contributed by atoms with Gasteiger partial charge in [0.25, 0.3) is 0 Å². The first-order valence-corrected chi connectivity index (χ1v) is 0. The summed E-state index contributed by atoms with van der Waals surface area (Å²) in [5.74, 6) is 0. The van der Waals surface area contributed by atoms with E-state index in [0.717, 1.165) is 0 Å². The number of halogens is 6. The summed E-state index contributed by atoms with van der Waals surface area (Å²) in [6, 6.07) is 0. The zero-order chi connectivity index (χ0) is 0. The van der Waals surface area contributed by atoms with Gasteiger partial charge in [0.2, 0.25) is 0 Å². The van der Waals surface area contributed by atoms with Gasteiger partial charge in [-0.15, -0.1) is 0 Å². The van der Waals surface area contributed by atoms with Gasteiger partial charge < -0.3 is 74.4 Å². The van der Waals surface area contributed by atoms with Crippen molar-refractivity contribution < 1.29 is 91.5 Å². The van der Waals surface area contributed by atoms with Crippen LogP contribution in [0.25, 0.3) is 0 Å². The maximum atomic E-state index is 0. The fourth-order valence-corrected chi connectivity index (χ4v) is 0. The first-order valence-electron chi connectivity index (χ1n) is 0. The Morgan fingerprint density at radius 2 is 0.286 bits per heavy atom. The second-order valence-corrected chi connectivity index (χ2v) is 0. The molecule has 0 aliphatic carbocycles. The summed E-state index contributed by atoms with van der Waals surface area (Å²) in [4.78, 5) is 0. The molecule has 0 unspecified atom stereocenters. The molecule has 0 aliphatic heterocycles. The van der Waals surface area contributed by atoms with Crippen LogP contribution < -0.4 is 74.4 Å². The Morgan fingerprint density at radius 1 is 0.286 bits per heavy atom. The molecule has 7 heteroatoms. The first-order chi connectivity index (χ1) is 0. The largest absolute Gasteiger partial charge is 1.00 e. The summed E-state index contributed by atoms with van der Waals surface area (Å²) in [6.45, 7) is 0. The maximum absolute atomic E-state index is 0. The molecule has 0 saturated heterocycles.